The van der Waals surface area contributed by atoms with E-state index in [0.717, 1.165) is 0 Å². The second-order valence-corrected chi connectivity index (χ2v) is 10.5. The van der Waals surface area contributed by atoms with Crippen LogP contribution in [0, 0.1) is 11.8 Å². The molecule has 0 saturated heterocycles. The molecule has 0 spiro atoms. The number of ketones is 3. The van der Waals surface area contributed by atoms with Gasteiger partial charge < -0.3 is 31.5 Å². The number of aromatic hydroxyl groups is 1. The molecule has 4 atom stereocenters. The Balaban J connectivity index is 1.60. The number of amides is 1. The molecule has 7 N–H and O–H groups in total. The quantitative estimate of drug-likeness (QED) is 0.220. The van der Waals surface area contributed by atoms with E-state index in [4.69, 9.17) is 5.73 Å². The van der Waals surface area contributed by atoms with Crippen LogP contribution in [0.1, 0.15) is 32.7 Å². The number of carbonyl (C=O) groups excluding carboxylic acids is 4. The molecule has 3 aliphatic carbocycles. The number of benzene rings is 1. The average molecular weight is 549 g/mol. The first-order valence-corrected chi connectivity index (χ1v) is 12.6. The highest BCUT2D eigenvalue weighted by Crippen LogP contribution is 2.52. The fourth-order valence-corrected chi connectivity index (χ4v) is 6.26. The average Bonchev–Trinajstić information content (AvgIpc) is 2.89. The summed E-state index contributed by atoms with van der Waals surface area (Å²) >= 11 is 0. The van der Waals surface area contributed by atoms with Crippen molar-refractivity contribution < 1.29 is 39.6 Å². The van der Waals surface area contributed by atoms with Gasteiger partial charge in [-0.05, 0) is 62.7 Å². The number of phenols is 1. The number of allylic oxidation sites excluding steroid dienone is 1. The molecule has 3 aliphatic rings. The Hall–Kier alpha value is -4.55. The predicted molar refractivity (Wildman–Crippen MR) is 141 cm³/mol. The van der Waals surface area contributed by atoms with Gasteiger partial charge in [-0.25, -0.2) is 0 Å². The van der Waals surface area contributed by atoms with E-state index in [9.17, 15) is 39.6 Å². The summed E-state index contributed by atoms with van der Waals surface area (Å²) in [6.45, 7) is -0.121. The van der Waals surface area contributed by atoms with Crippen LogP contribution in [0.25, 0.3) is 0 Å². The molecule has 0 bridgehead atoms. The Kier molecular flexibility index (Phi) is 6.47. The molecule has 40 heavy (non-hydrogen) atoms. The van der Waals surface area contributed by atoms with E-state index in [2.05, 4.69) is 10.3 Å². The Morgan fingerprint density at radius 2 is 1.90 bits per heavy atom. The monoisotopic (exact) mass is 548 g/mol. The minimum absolute atomic E-state index is 0.0247. The van der Waals surface area contributed by atoms with Crippen LogP contribution in [0.4, 0.5) is 5.69 Å². The largest absolute Gasteiger partial charge is 0.510 e. The SMILES string of the molecule is CN(C)[C@@H]1C(O)=C(C(N)=O)C(=O)[C@@]2(O)C(O)=C3C(=O)c4c(O)ccc(C(=O)CNc5cccnc5)c4C[C@H]3C[C@@H]12. The summed E-state index contributed by atoms with van der Waals surface area (Å²) in [6, 6.07) is 4.96. The first-order chi connectivity index (χ1) is 18.9. The fourth-order valence-electron chi connectivity index (χ4n) is 6.26. The molecule has 5 rings (SSSR count). The van der Waals surface area contributed by atoms with Gasteiger partial charge in [0.05, 0.1) is 23.8 Å². The van der Waals surface area contributed by atoms with E-state index in [-0.39, 0.29) is 47.4 Å². The van der Waals surface area contributed by atoms with E-state index < -0.39 is 63.8 Å². The summed E-state index contributed by atoms with van der Waals surface area (Å²) in [4.78, 5) is 57.9. The summed E-state index contributed by atoms with van der Waals surface area (Å²) in [5, 5.41) is 47.4. The second-order valence-electron chi connectivity index (χ2n) is 10.5. The molecule has 12 nitrogen and oxygen atoms in total. The molecule has 1 heterocycles. The molecule has 1 aromatic heterocycles. The van der Waals surface area contributed by atoms with Crippen molar-refractivity contribution in [2.75, 3.05) is 26.0 Å². The lowest BCUT2D eigenvalue weighted by molar-refractivity contribution is -0.148. The van der Waals surface area contributed by atoms with Crippen molar-refractivity contribution in [3.8, 4) is 5.75 Å². The zero-order valence-corrected chi connectivity index (χ0v) is 21.7. The summed E-state index contributed by atoms with van der Waals surface area (Å²) in [6.07, 6.45) is 3.10. The normalized spacial score (nSPS) is 25.9. The third kappa shape index (κ3) is 3.87. The highest BCUT2D eigenvalue weighted by atomic mass is 16.3. The molecule has 0 unspecified atom stereocenters. The predicted octanol–water partition coefficient (Wildman–Crippen LogP) is 0.810. The number of primary amides is 1. The number of aliphatic hydroxyl groups excluding tert-OH is 2. The molecular formula is C28H28N4O8. The van der Waals surface area contributed by atoms with E-state index >= 15 is 0 Å². The highest BCUT2D eigenvalue weighted by molar-refractivity contribution is 6.25. The van der Waals surface area contributed by atoms with Crippen LogP contribution in [0.5, 0.6) is 5.75 Å². The maximum atomic E-state index is 13.8. The Morgan fingerprint density at radius 1 is 1.18 bits per heavy atom. The molecule has 1 amide bonds. The molecule has 0 saturated carbocycles. The van der Waals surface area contributed by atoms with Crippen molar-refractivity contribution in [3.63, 3.8) is 0 Å². The minimum atomic E-state index is -2.72. The molecule has 208 valence electrons. The number of pyridine rings is 1. The molecule has 1 aromatic carbocycles. The van der Waals surface area contributed by atoms with Gasteiger partial charge in [0.1, 0.15) is 22.8 Å². The number of rotatable bonds is 6. The maximum Gasteiger partial charge on any atom is 0.255 e. The summed E-state index contributed by atoms with van der Waals surface area (Å²) in [5.74, 6) is -7.76. The second kappa shape index (κ2) is 9.57. The maximum absolute atomic E-state index is 13.8. The van der Waals surface area contributed by atoms with E-state index in [1.807, 2.05) is 0 Å². The van der Waals surface area contributed by atoms with Crippen LogP contribution in [0.2, 0.25) is 0 Å². The number of hydrogen-bond acceptors (Lipinski definition) is 11. The van der Waals surface area contributed by atoms with Crippen LogP contribution < -0.4 is 11.1 Å². The highest BCUT2D eigenvalue weighted by Gasteiger charge is 2.63. The third-order valence-corrected chi connectivity index (χ3v) is 8.02. The lowest BCUT2D eigenvalue weighted by Crippen LogP contribution is -2.63. The van der Waals surface area contributed by atoms with Gasteiger partial charge >= 0.3 is 0 Å². The molecule has 0 radical (unpaired) electrons. The summed E-state index contributed by atoms with van der Waals surface area (Å²) < 4.78 is 0. The van der Waals surface area contributed by atoms with Gasteiger partial charge in [0.25, 0.3) is 5.91 Å². The zero-order valence-electron chi connectivity index (χ0n) is 21.7. The fraction of sp³-hybridized carbons (Fsp3) is 0.321. The number of likely N-dealkylation sites (N-methyl/N-ethyl adjacent to an activating group) is 1. The van der Waals surface area contributed by atoms with Gasteiger partial charge in [-0.3, -0.25) is 29.1 Å². The standard InChI is InChI=1S/C28H28N4O8/c1-32(2)22-16-9-12-8-15-14(18(34)11-31-13-4-3-7-30-10-13)5-6-17(33)20(15)23(35)19(12)25(37)28(16,40)26(38)21(24(22)36)27(29)39/h3-7,10,12,16,22,31,33,36-37,40H,8-9,11H2,1-2H3,(H2,29,39)/t12-,16-,22-,28-/m0/s1. The first kappa shape index (κ1) is 27.0. The van der Waals surface area contributed by atoms with Crippen molar-refractivity contribution in [2.24, 2.45) is 17.6 Å². The van der Waals surface area contributed by atoms with Crippen molar-refractivity contribution in [1.82, 2.24) is 9.88 Å². The number of hydrogen-bond donors (Lipinski definition) is 6. The Bertz CT molecular complexity index is 1530. The number of aromatic nitrogens is 1. The number of anilines is 1. The number of phenolic OH excluding ortho intramolecular Hbond substituents is 1. The van der Waals surface area contributed by atoms with E-state index in [0.29, 0.717) is 5.69 Å². The molecule has 0 fully saturated rings. The number of carbonyl (C=O) groups is 4. The van der Waals surface area contributed by atoms with Gasteiger partial charge in [0, 0.05) is 29.4 Å². The first-order valence-electron chi connectivity index (χ1n) is 12.6. The van der Waals surface area contributed by atoms with Crippen molar-refractivity contribution in [3.05, 3.63) is 76.0 Å². The smallest absolute Gasteiger partial charge is 0.255 e. The van der Waals surface area contributed by atoms with Crippen molar-refractivity contribution >= 4 is 28.9 Å². The van der Waals surface area contributed by atoms with Crippen LogP contribution in [-0.4, -0.2) is 85.8 Å². The lowest BCUT2D eigenvalue weighted by atomic mass is 9.58. The Morgan fingerprint density at radius 3 is 2.52 bits per heavy atom. The minimum Gasteiger partial charge on any atom is -0.510 e. The third-order valence-electron chi connectivity index (χ3n) is 8.02. The summed E-state index contributed by atoms with van der Waals surface area (Å²) in [7, 11) is 3.11. The molecule has 2 aromatic rings. The van der Waals surface area contributed by atoms with Crippen molar-refractivity contribution in [2.45, 2.75) is 24.5 Å². The van der Waals surface area contributed by atoms with Gasteiger partial charge in [-0.15, -0.1) is 0 Å². The topological polar surface area (TPSA) is 203 Å². The van der Waals surface area contributed by atoms with Crippen LogP contribution >= 0.6 is 0 Å². The number of nitrogens with two attached hydrogens (primary N) is 1. The van der Waals surface area contributed by atoms with Crippen LogP contribution in [0.3, 0.4) is 0 Å². The lowest BCUT2D eigenvalue weighted by Gasteiger charge is -2.50. The Labute approximate surface area is 228 Å². The number of nitrogens with one attached hydrogen (secondary N) is 1. The van der Waals surface area contributed by atoms with Gasteiger partial charge in [0.15, 0.2) is 17.2 Å². The van der Waals surface area contributed by atoms with E-state index in [1.165, 1.54) is 17.0 Å². The molecule has 0 aliphatic heterocycles. The van der Waals surface area contributed by atoms with Gasteiger partial charge in [0.2, 0.25) is 5.78 Å². The molecule has 12 heteroatoms. The zero-order chi connectivity index (χ0) is 29.1. The molecular weight excluding hydrogens is 520 g/mol. The number of aliphatic hydroxyl groups is 3. The van der Waals surface area contributed by atoms with E-state index in [1.54, 1.807) is 38.6 Å². The van der Waals surface area contributed by atoms with Gasteiger partial charge in [-0.2, -0.15) is 0 Å². The number of Topliss-reactive ketones (excluding diaryl/α,β-unsaturated/α-hetero) is 3. The number of nitrogens with zero attached hydrogens (tertiary/aromatic N) is 2. The summed E-state index contributed by atoms with van der Waals surface area (Å²) in [5.41, 5.74) is 2.33. The van der Waals surface area contributed by atoms with Crippen LogP contribution in [-0.2, 0) is 16.0 Å². The number of fused-ring (bicyclic) bond motifs is 3. The van der Waals surface area contributed by atoms with Crippen LogP contribution in [0.15, 0.2) is 59.3 Å². The van der Waals surface area contributed by atoms with Gasteiger partial charge in [-0.1, -0.05) is 0 Å². The van der Waals surface area contributed by atoms with Crippen molar-refractivity contribution in [1.29, 1.82) is 0 Å².